The smallest absolute Gasteiger partial charge is 0.408 e. The Balaban J connectivity index is 1.83. The van der Waals surface area contributed by atoms with Crippen LogP contribution in [-0.2, 0) is 9.59 Å². The van der Waals surface area contributed by atoms with Crippen LogP contribution in [0.25, 0.3) is 0 Å². The third-order valence-electron chi connectivity index (χ3n) is 5.41. The molecule has 0 radical (unpaired) electrons. The lowest BCUT2D eigenvalue weighted by molar-refractivity contribution is -0.171. The van der Waals surface area contributed by atoms with E-state index in [1.54, 1.807) is 13.8 Å². The monoisotopic (exact) mass is 324 g/mol. The van der Waals surface area contributed by atoms with Crippen LogP contribution < -0.4 is 0 Å². The molecule has 0 spiro atoms. The zero-order chi connectivity index (χ0) is 17.0. The van der Waals surface area contributed by atoms with Crippen LogP contribution >= 0.6 is 0 Å². The van der Waals surface area contributed by atoms with Gasteiger partial charge in [0.15, 0.2) is 0 Å². The van der Waals surface area contributed by atoms with E-state index in [0.717, 1.165) is 30.1 Å². The maximum atomic E-state index is 12.0. The van der Waals surface area contributed by atoms with Gasteiger partial charge in [-0.05, 0) is 26.2 Å². The van der Waals surface area contributed by atoms with Gasteiger partial charge in [0.05, 0.1) is 5.54 Å². The Labute approximate surface area is 137 Å². The molecule has 6 heteroatoms. The Bertz CT molecular complexity index is 458. The Hall–Kier alpha value is -1.59. The van der Waals surface area contributed by atoms with Gasteiger partial charge in [-0.1, -0.05) is 44.9 Å². The molecular weight excluding hydrogens is 296 g/mol. The highest BCUT2D eigenvalue weighted by atomic mass is 16.4. The van der Waals surface area contributed by atoms with Gasteiger partial charge in [0.2, 0.25) is 6.41 Å². The summed E-state index contributed by atoms with van der Waals surface area (Å²) < 4.78 is 0. The van der Waals surface area contributed by atoms with Crippen molar-refractivity contribution >= 4 is 18.4 Å². The lowest BCUT2D eigenvalue weighted by atomic mass is 9.81. The van der Waals surface area contributed by atoms with Crippen LogP contribution in [0.3, 0.4) is 0 Å². The quantitative estimate of drug-likeness (QED) is 0.444. The molecular formula is C17H28N2O4. The van der Waals surface area contributed by atoms with Gasteiger partial charge < -0.3 is 5.11 Å². The average Bonchev–Trinajstić information content (AvgIpc) is 2.51. The molecule has 0 aromatic rings. The summed E-state index contributed by atoms with van der Waals surface area (Å²) in [6.45, 7) is 3.81. The number of nitrogens with zero attached hydrogens (tertiary/aromatic N) is 2. The van der Waals surface area contributed by atoms with E-state index < -0.39 is 23.6 Å². The second kappa shape index (κ2) is 7.32. The third-order valence-corrected chi connectivity index (χ3v) is 5.41. The standard InChI is InChI=1S/C17H28N2O4/c1-17(2)14(15(21)19(17)12-20)18(16(22)23)11-7-6-10-13-8-4-3-5-9-13/h12-14H,3-11H2,1-2H3,(H,22,23). The first-order valence-electron chi connectivity index (χ1n) is 8.67. The maximum absolute atomic E-state index is 12.0. The predicted molar refractivity (Wildman–Crippen MR) is 85.9 cm³/mol. The minimum Gasteiger partial charge on any atom is -0.465 e. The molecule has 6 nitrogen and oxygen atoms in total. The number of unbranched alkanes of at least 4 members (excludes halogenated alkanes) is 1. The molecule has 1 atom stereocenters. The van der Waals surface area contributed by atoms with Crippen molar-refractivity contribution in [3.63, 3.8) is 0 Å². The number of carbonyl (C=O) groups excluding carboxylic acids is 2. The molecule has 0 aromatic heterocycles. The third kappa shape index (κ3) is 3.67. The SMILES string of the molecule is CC1(C)C(N(CCCCC2CCCCC2)C(=O)O)C(=O)N1C=O. The minimum atomic E-state index is -1.08. The number of imide groups is 1. The predicted octanol–water partition coefficient (Wildman–Crippen LogP) is 2.86. The zero-order valence-corrected chi connectivity index (χ0v) is 14.2. The van der Waals surface area contributed by atoms with Crippen LogP contribution in [0, 0.1) is 5.92 Å². The van der Waals surface area contributed by atoms with Crippen molar-refractivity contribution in [2.75, 3.05) is 6.54 Å². The second-order valence-electron chi connectivity index (χ2n) is 7.35. The number of likely N-dealkylation sites (tertiary alicyclic amines) is 1. The Kier molecular flexibility index (Phi) is 5.65. The number of carboxylic acid groups (broad SMARTS) is 1. The van der Waals surface area contributed by atoms with Crippen molar-refractivity contribution in [2.24, 2.45) is 5.92 Å². The Morgan fingerprint density at radius 1 is 1.30 bits per heavy atom. The lowest BCUT2D eigenvalue weighted by Gasteiger charge is -2.53. The number of rotatable bonds is 7. The number of carbonyl (C=O) groups is 3. The molecule has 2 rings (SSSR count). The van der Waals surface area contributed by atoms with Crippen molar-refractivity contribution in [1.29, 1.82) is 0 Å². The highest BCUT2D eigenvalue weighted by molar-refractivity contribution is 6.00. The van der Waals surface area contributed by atoms with Crippen molar-refractivity contribution in [2.45, 2.75) is 76.8 Å². The van der Waals surface area contributed by atoms with Crippen LogP contribution in [0.2, 0.25) is 0 Å². The van der Waals surface area contributed by atoms with Crippen molar-refractivity contribution in [3.05, 3.63) is 0 Å². The first-order chi connectivity index (χ1) is 10.9. The van der Waals surface area contributed by atoms with Gasteiger partial charge in [-0.15, -0.1) is 0 Å². The summed E-state index contributed by atoms with van der Waals surface area (Å²) in [7, 11) is 0. The van der Waals surface area contributed by atoms with E-state index in [0.29, 0.717) is 13.0 Å². The van der Waals surface area contributed by atoms with E-state index >= 15 is 0 Å². The molecule has 2 aliphatic rings. The van der Waals surface area contributed by atoms with Crippen LogP contribution in [0.1, 0.15) is 65.2 Å². The molecule has 1 unspecified atom stereocenters. The Morgan fingerprint density at radius 3 is 2.48 bits per heavy atom. The van der Waals surface area contributed by atoms with Crippen molar-refractivity contribution in [3.8, 4) is 0 Å². The summed E-state index contributed by atoms with van der Waals surface area (Å²) in [5.74, 6) is 0.369. The number of amides is 3. The Morgan fingerprint density at radius 2 is 1.96 bits per heavy atom. The second-order valence-corrected chi connectivity index (χ2v) is 7.35. The minimum absolute atomic E-state index is 0.356. The van der Waals surface area contributed by atoms with E-state index in [-0.39, 0.29) is 0 Å². The fourth-order valence-corrected chi connectivity index (χ4v) is 4.01. The van der Waals surface area contributed by atoms with E-state index in [4.69, 9.17) is 0 Å². The molecule has 1 N–H and O–H groups in total. The van der Waals surface area contributed by atoms with Gasteiger partial charge in [-0.25, -0.2) is 4.79 Å². The van der Waals surface area contributed by atoms with Gasteiger partial charge in [-0.3, -0.25) is 19.4 Å². The zero-order valence-electron chi connectivity index (χ0n) is 14.2. The van der Waals surface area contributed by atoms with Crippen LogP contribution in [0.5, 0.6) is 0 Å². The molecule has 1 aliphatic heterocycles. The van der Waals surface area contributed by atoms with E-state index in [2.05, 4.69) is 0 Å². The van der Waals surface area contributed by atoms with Gasteiger partial charge in [-0.2, -0.15) is 0 Å². The summed E-state index contributed by atoms with van der Waals surface area (Å²) in [5, 5.41) is 9.43. The molecule has 130 valence electrons. The summed E-state index contributed by atoms with van der Waals surface area (Å²) in [6, 6.07) is -0.750. The van der Waals surface area contributed by atoms with Crippen LogP contribution in [0.4, 0.5) is 4.79 Å². The van der Waals surface area contributed by atoms with Gasteiger partial charge in [0.25, 0.3) is 5.91 Å². The summed E-state index contributed by atoms with van der Waals surface area (Å²) in [4.78, 5) is 36.8. The topological polar surface area (TPSA) is 77.9 Å². The normalized spacial score (nSPS) is 24.2. The molecule has 0 aromatic carbocycles. The average molecular weight is 324 g/mol. The summed E-state index contributed by atoms with van der Waals surface area (Å²) in [5.41, 5.74) is -0.763. The number of β-lactam (4-membered cyclic amide) rings is 1. The highest BCUT2D eigenvalue weighted by Crippen LogP contribution is 2.34. The molecule has 1 saturated heterocycles. The van der Waals surface area contributed by atoms with Crippen LogP contribution in [0.15, 0.2) is 0 Å². The molecule has 1 saturated carbocycles. The highest BCUT2D eigenvalue weighted by Gasteiger charge is 2.58. The van der Waals surface area contributed by atoms with Gasteiger partial charge in [0, 0.05) is 6.54 Å². The maximum Gasteiger partial charge on any atom is 0.408 e. The molecule has 1 heterocycles. The fourth-order valence-electron chi connectivity index (χ4n) is 4.01. The van der Waals surface area contributed by atoms with E-state index in [1.165, 1.54) is 37.0 Å². The number of hydrogen-bond acceptors (Lipinski definition) is 3. The summed E-state index contributed by atoms with van der Waals surface area (Å²) >= 11 is 0. The van der Waals surface area contributed by atoms with E-state index in [1.807, 2.05) is 0 Å². The lowest BCUT2D eigenvalue weighted by Crippen LogP contribution is -2.76. The molecule has 0 bridgehead atoms. The van der Waals surface area contributed by atoms with Crippen molar-refractivity contribution < 1.29 is 19.5 Å². The molecule has 1 aliphatic carbocycles. The number of hydrogen-bond donors (Lipinski definition) is 1. The summed E-state index contributed by atoms with van der Waals surface area (Å²) in [6.07, 6.45) is 8.89. The first kappa shape index (κ1) is 17.8. The van der Waals surface area contributed by atoms with Gasteiger partial charge in [0.1, 0.15) is 6.04 Å². The fraction of sp³-hybridized carbons (Fsp3) is 0.824. The molecule has 3 amide bonds. The molecule has 23 heavy (non-hydrogen) atoms. The van der Waals surface area contributed by atoms with E-state index in [9.17, 15) is 19.5 Å². The van der Waals surface area contributed by atoms with Crippen LogP contribution in [-0.4, -0.2) is 51.4 Å². The van der Waals surface area contributed by atoms with Gasteiger partial charge >= 0.3 is 6.09 Å². The molecule has 2 fully saturated rings. The largest absolute Gasteiger partial charge is 0.465 e. The van der Waals surface area contributed by atoms with Crippen molar-refractivity contribution in [1.82, 2.24) is 9.80 Å². The first-order valence-corrected chi connectivity index (χ1v) is 8.67.